The third-order valence-corrected chi connectivity index (χ3v) is 3.50. The highest BCUT2D eigenvalue weighted by molar-refractivity contribution is 7.57. The van der Waals surface area contributed by atoms with Crippen LogP contribution in [0.1, 0.15) is 31.2 Å². The topological polar surface area (TPSA) is 95.6 Å². The number of anilines is 1. The molecule has 1 aromatic rings. The maximum atomic E-state index is 11.1. The normalized spacial score (nSPS) is 18.9. The Kier molecular flexibility index (Phi) is 3.76. The van der Waals surface area contributed by atoms with Gasteiger partial charge >= 0.3 is 7.67 Å². The molecule has 1 aliphatic rings. The van der Waals surface area contributed by atoms with Crippen LogP contribution in [0.15, 0.2) is 24.3 Å². The summed E-state index contributed by atoms with van der Waals surface area (Å²) in [6, 6.07) is 4.68. The van der Waals surface area contributed by atoms with Crippen LogP contribution in [0.3, 0.4) is 0 Å². The van der Waals surface area contributed by atoms with Gasteiger partial charge in [0.15, 0.2) is 0 Å². The molecule has 0 fully saturated rings. The molecule has 0 aliphatic heterocycles. The maximum Gasteiger partial charge on any atom is 0.360 e. The number of nitrogens with two attached hydrogens (primary N) is 1. The smallest absolute Gasteiger partial charge is 0.360 e. The molecule has 1 atom stereocenters. The lowest BCUT2D eigenvalue weighted by Crippen LogP contribution is -2.04. The minimum atomic E-state index is -3.81. The number of allylic oxidation sites excluding steroid dienone is 2. The lowest BCUT2D eigenvalue weighted by molar-refractivity contribution is 0.472. The van der Waals surface area contributed by atoms with E-state index in [1.165, 1.54) is 12.1 Å². The summed E-state index contributed by atoms with van der Waals surface area (Å²) >= 11 is 0. The number of phenols is 1. The van der Waals surface area contributed by atoms with E-state index >= 15 is 0 Å². The third kappa shape index (κ3) is 3.35. The second kappa shape index (κ2) is 5.14. The molecule has 0 aromatic heterocycles. The Bertz CT molecular complexity index is 522. The molecule has 0 radical (unpaired) electrons. The summed E-state index contributed by atoms with van der Waals surface area (Å²) in [7, 11) is -3.81. The zero-order chi connectivity index (χ0) is 13.2. The summed E-state index contributed by atoms with van der Waals surface area (Å²) in [5.74, 6) is 0.179. The van der Waals surface area contributed by atoms with Crippen molar-refractivity contribution in [2.75, 3.05) is 5.09 Å². The Morgan fingerprint density at radius 3 is 2.72 bits per heavy atom. The summed E-state index contributed by atoms with van der Waals surface area (Å²) in [4.78, 5) is 9.09. The number of hydrogen-bond donors (Lipinski definition) is 4. The number of benzene rings is 1. The highest BCUT2D eigenvalue weighted by Crippen LogP contribution is 2.37. The molecule has 18 heavy (non-hydrogen) atoms. The van der Waals surface area contributed by atoms with Crippen LogP contribution in [-0.4, -0.2) is 10.00 Å². The maximum absolute atomic E-state index is 11.1. The van der Waals surface area contributed by atoms with Crippen molar-refractivity contribution >= 4 is 18.9 Å². The van der Waals surface area contributed by atoms with Gasteiger partial charge in [-0.3, -0.25) is 0 Å². The van der Waals surface area contributed by atoms with Gasteiger partial charge in [-0.2, -0.15) is 0 Å². The van der Waals surface area contributed by atoms with Gasteiger partial charge in [0.1, 0.15) is 5.75 Å². The van der Waals surface area contributed by atoms with E-state index < -0.39 is 7.67 Å². The standard InChI is InChI=1S/C12H17N2O3P/c13-18(16,17)14-10-6-7-12(15)11(8-10)9-4-2-1-3-5-9/h4,6-8,15H,1-3,5H2,(H4,13,14,16,17). The Morgan fingerprint density at radius 1 is 1.33 bits per heavy atom. The lowest BCUT2D eigenvalue weighted by atomic mass is 9.93. The first-order chi connectivity index (χ1) is 8.46. The monoisotopic (exact) mass is 268 g/mol. The van der Waals surface area contributed by atoms with E-state index in [9.17, 15) is 9.67 Å². The zero-order valence-electron chi connectivity index (χ0n) is 9.97. The van der Waals surface area contributed by atoms with E-state index in [1.807, 2.05) is 0 Å². The largest absolute Gasteiger partial charge is 0.507 e. The molecule has 0 spiro atoms. The van der Waals surface area contributed by atoms with E-state index in [-0.39, 0.29) is 5.75 Å². The van der Waals surface area contributed by atoms with Crippen LogP contribution < -0.4 is 10.6 Å². The van der Waals surface area contributed by atoms with Crippen molar-refractivity contribution in [1.29, 1.82) is 0 Å². The average Bonchev–Trinajstić information content (AvgIpc) is 2.31. The van der Waals surface area contributed by atoms with Crippen molar-refractivity contribution in [1.82, 2.24) is 0 Å². The first kappa shape index (κ1) is 13.1. The van der Waals surface area contributed by atoms with Crippen LogP contribution in [0.5, 0.6) is 5.75 Å². The van der Waals surface area contributed by atoms with Crippen molar-refractivity contribution in [2.45, 2.75) is 25.7 Å². The van der Waals surface area contributed by atoms with Gasteiger partial charge in [-0.25, -0.2) is 10.1 Å². The second-order valence-electron chi connectivity index (χ2n) is 4.44. The molecule has 1 aromatic carbocycles. The van der Waals surface area contributed by atoms with E-state index in [4.69, 9.17) is 10.4 Å². The molecule has 0 saturated heterocycles. The number of hydrogen-bond acceptors (Lipinski definition) is 2. The first-order valence-electron chi connectivity index (χ1n) is 5.88. The Labute approximate surface area is 106 Å². The van der Waals surface area contributed by atoms with Crippen LogP contribution in [0.2, 0.25) is 0 Å². The summed E-state index contributed by atoms with van der Waals surface area (Å²) in [5, 5.41) is 12.2. The fraction of sp³-hybridized carbons (Fsp3) is 0.333. The molecular weight excluding hydrogens is 251 g/mol. The Morgan fingerprint density at radius 2 is 2.11 bits per heavy atom. The van der Waals surface area contributed by atoms with Crippen molar-refractivity contribution in [2.24, 2.45) is 5.50 Å². The molecule has 6 heteroatoms. The number of nitrogens with one attached hydrogen (secondary N) is 1. The predicted molar refractivity (Wildman–Crippen MR) is 72.2 cm³/mol. The molecular formula is C12H17N2O3P. The zero-order valence-corrected chi connectivity index (χ0v) is 10.9. The molecule has 0 amide bonds. The molecule has 0 saturated carbocycles. The van der Waals surface area contributed by atoms with E-state index in [0.717, 1.165) is 31.3 Å². The molecule has 0 bridgehead atoms. The quantitative estimate of drug-likeness (QED) is 0.499. The van der Waals surface area contributed by atoms with Gasteiger partial charge in [-0.05, 0) is 49.5 Å². The van der Waals surface area contributed by atoms with Gasteiger partial charge in [0.2, 0.25) is 0 Å². The Hall–Kier alpha value is -1.29. The molecule has 5 N–H and O–H groups in total. The highest BCUT2D eigenvalue weighted by atomic mass is 31.2. The average molecular weight is 268 g/mol. The molecule has 98 valence electrons. The lowest BCUT2D eigenvalue weighted by Gasteiger charge is -2.16. The summed E-state index contributed by atoms with van der Waals surface area (Å²) < 4.78 is 11.1. The minimum Gasteiger partial charge on any atom is -0.507 e. The fourth-order valence-electron chi connectivity index (χ4n) is 2.13. The van der Waals surface area contributed by atoms with Crippen LogP contribution >= 0.6 is 7.67 Å². The molecule has 0 heterocycles. The van der Waals surface area contributed by atoms with Crippen LogP contribution in [0.4, 0.5) is 5.69 Å². The Balaban J connectivity index is 2.32. The molecule has 1 unspecified atom stereocenters. The third-order valence-electron chi connectivity index (χ3n) is 2.92. The van der Waals surface area contributed by atoms with Crippen molar-refractivity contribution < 1.29 is 14.6 Å². The van der Waals surface area contributed by atoms with Crippen LogP contribution in [-0.2, 0) is 4.57 Å². The van der Waals surface area contributed by atoms with Gasteiger partial charge < -0.3 is 15.1 Å². The van der Waals surface area contributed by atoms with Crippen molar-refractivity contribution in [3.05, 3.63) is 29.8 Å². The summed E-state index contributed by atoms with van der Waals surface area (Å²) in [6.45, 7) is 0. The second-order valence-corrected chi connectivity index (χ2v) is 5.91. The SMILES string of the molecule is NP(=O)(O)Nc1ccc(O)c(C2=CCCCC2)c1. The van der Waals surface area contributed by atoms with Crippen molar-refractivity contribution in [3.63, 3.8) is 0 Å². The van der Waals surface area contributed by atoms with E-state index in [1.54, 1.807) is 6.07 Å². The molecule has 1 aliphatic carbocycles. The van der Waals surface area contributed by atoms with Gasteiger partial charge in [-0.15, -0.1) is 0 Å². The van der Waals surface area contributed by atoms with E-state index in [0.29, 0.717) is 11.3 Å². The van der Waals surface area contributed by atoms with Gasteiger partial charge in [-0.1, -0.05) is 6.08 Å². The van der Waals surface area contributed by atoms with Crippen molar-refractivity contribution in [3.8, 4) is 5.75 Å². The fourth-order valence-corrected chi connectivity index (χ4v) is 2.64. The highest BCUT2D eigenvalue weighted by Gasteiger charge is 2.14. The van der Waals surface area contributed by atoms with Crippen LogP contribution in [0.25, 0.3) is 5.57 Å². The predicted octanol–water partition coefficient (Wildman–Crippen LogP) is 2.82. The summed E-state index contributed by atoms with van der Waals surface area (Å²) in [5.41, 5.74) is 7.27. The molecule has 2 rings (SSSR count). The van der Waals surface area contributed by atoms with Gasteiger partial charge in [0, 0.05) is 11.3 Å². The number of aromatic hydroxyl groups is 1. The van der Waals surface area contributed by atoms with Crippen LogP contribution in [0, 0.1) is 0 Å². The number of rotatable bonds is 3. The van der Waals surface area contributed by atoms with E-state index in [2.05, 4.69) is 11.2 Å². The van der Waals surface area contributed by atoms with Gasteiger partial charge in [0.25, 0.3) is 0 Å². The first-order valence-corrected chi connectivity index (χ1v) is 7.61. The molecule has 5 nitrogen and oxygen atoms in total. The van der Waals surface area contributed by atoms with Gasteiger partial charge in [0.05, 0.1) is 0 Å². The minimum absolute atomic E-state index is 0.179. The number of phenolic OH excluding ortho intramolecular Hbond substituents is 1. The summed E-state index contributed by atoms with van der Waals surface area (Å²) in [6.07, 6.45) is 6.27.